The second-order valence-electron chi connectivity index (χ2n) is 5.27. The van der Waals surface area contributed by atoms with Gasteiger partial charge in [-0.2, -0.15) is 5.10 Å². The molecule has 2 atom stereocenters. The standard InChI is InChI=1S/C13H24N4O/c1-9-5-6-17(8-9)11(7-14)12-10(2)15-16(3)13(12)18-4/h9,11H,5-8,14H2,1-4H3. The van der Waals surface area contributed by atoms with Crippen LogP contribution in [0.3, 0.4) is 0 Å². The molecule has 1 aliphatic heterocycles. The number of methoxy groups -OCH3 is 1. The van der Waals surface area contributed by atoms with Gasteiger partial charge >= 0.3 is 0 Å². The number of ether oxygens (including phenoxy) is 1. The lowest BCUT2D eigenvalue weighted by Crippen LogP contribution is -2.32. The molecule has 0 saturated carbocycles. The zero-order valence-corrected chi connectivity index (χ0v) is 11.8. The van der Waals surface area contributed by atoms with Crippen LogP contribution in [0.25, 0.3) is 0 Å². The topological polar surface area (TPSA) is 56.3 Å². The Morgan fingerprint density at radius 2 is 2.28 bits per heavy atom. The summed E-state index contributed by atoms with van der Waals surface area (Å²) >= 11 is 0. The first-order valence-electron chi connectivity index (χ1n) is 6.60. The molecule has 2 unspecified atom stereocenters. The number of nitrogens with two attached hydrogens (primary N) is 1. The molecule has 0 aromatic carbocycles. The van der Waals surface area contributed by atoms with Gasteiger partial charge < -0.3 is 10.5 Å². The predicted octanol–water partition coefficient (Wildman–Crippen LogP) is 1.08. The maximum Gasteiger partial charge on any atom is 0.216 e. The number of aromatic nitrogens is 2. The molecule has 2 N–H and O–H groups in total. The van der Waals surface area contributed by atoms with Crippen molar-refractivity contribution in [3.8, 4) is 5.88 Å². The second-order valence-corrected chi connectivity index (χ2v) is 5.27. The number of aryl methyl sites for hydroxylation is 2. The molecule has 0 spiro atoms. The van der Waals surface area contributed by atoms with E-state index in [0.717, 1.165) is 36.1 Å². The number of rotatable bonds is 4. The molecule has 5 heteroatoms. The summed E-state index contributed by atoms with van der Waals surface area (Å²) in [7, 11) is 3.61. The first-order chi connectivity index (χ1) is 8.58. The molecule has 0 bridgehead atoms. The summed E-state index contributed by atoms with van der Waals surface area (Å²) < 4.78 is 7.28. The van der Waals surface area contributed by atoms with Gasteiger partial charge in [-0.15, -0.1) is 0 Å². The fourth-order valence-electron chi connectivity index (χ4n) is 2.98. The Morgan fingerprint density at radius 1 is 1.56 bits per heavy atom. The number of nitrogens with zero attached hydrogens (tertiary/aromatic N) is 3. The average molecular weight is 252 g/mol. The molecule has 102 valence electrons. The zero-order chi connectivity index (χ0) is 13.3. The SMILES string of the molecule is COc1c(C(CN)N2CCC(C)C2)c(C)nn1C. The van der Waals surface area contributed by atoms with Crippen molar-refractivity contribution < 1.29 is 4.74 Å². The van der Waals surface area contributed by atoms with Crippen molar-refractivity contribution in [2.24, 2.45) is 18.7 Å². The lowest BCUT2D eigenvalue weighted by Gasteiger charge is -2.27. The van der Waals surface area contributed by atoms with Gasteiger partial charge in [0.05, 0.1) is 24.4 Å². The fraction of sp³-hybridized carbons (Fsp3) is 0.769. The summed E-state index contributed by atoms with van der Waals surface area (Å²) in [6, 6.07) is 0.221. The Labute approximate surface area is 109 Å². The Balaban J connectivity index is 2.32. The number of hydrogen-bond donors (Lipinski definition) is 1. The van der Waals surface area contributed by atoms with E-state index < -0.39 is 0 Å². The summed E-state index contributed by atoms with van der Waals surface area (Å²) in [5.74, 6) is 1.59. The van der Waals surface area contributed by atoms with E-state index in [1.165, 1.54) is 6.42 Å². The van der Waals surface area contributed by atoms with Crippen LogP contribution in [0, 0.1) is 12.8 Å². The quantitative estimate of drug-likeness (QED) is 0.871. The molecule has 1 aromatic heterocycles. The van der Waals surface area contributed by atoms with Crippen molar-refractivity contribution in [2.75, 3.05) is 26.7 Å². The highest BCUT2D eigenvalue weighted by Gasteiger charge is 2.31. The summed E-state index contributed by atoms with van der Waals surface area (Å²) in [6.45, 7) is 7.15. The minimum Gasteiger partial charge on any atom is -0.481 e. The van der Waals surface area contributed by atoms with Crippen LogP contribution in [0.5, 0.6) is 5.88 Å². The van der Waals surface area contributed by atoms with E-state index >= 15 is 0 Å². The van der Waals surface area contributed by atoms with Crippen LogP contribution in [-0.2, 0) is 7.05 Å². The molecule has 0 amide bonds. The Kier molecular flexibility index (Phi) is 3.92. The number of likely N-dealkylation sites (tertiary alicyclic amines) is 1. The fourth-order valence-corrected chi connectivity index (χ4v) is 2.98. The van der Waals surface area contributed by atoms with Gasteiger partial charge in [-0.3, -0.25) is 4.90 Å². The van der Waals surface area contributed by atoms with E-state index in [4.69, 9.17) is 10.5 Å². The first-order valence-corrected chi connectivity index (χ1v) is 6.60. The third-order valence-electron chi connectivity index (χ3n) is 3.86. The third kappa shape index (κ3) is 2.24. The first kappa shape index (κ1) is 13.4. The van der Waals surface area contributed by atoms with Gasteiger partial charge in [0.25, 0.3) is 0 Å². The van der Waals surface area contributed by atoms with E-state index in [1.54, 1.807) is 11.8 Å². The molecule has 18 heavy (non-hydrogen) atoms. The third-order valence-corrected chi connectivity index (χ3v) is 3.86. The molecule has 1 fully saturated rings. The minimum atomic E-state index is 0.221. The summed E-state index contributed by atoms with van der Waals surface area (Å²) in [5, 5.41) is 4.45. The molecule has 1 saturated heterocycles. The Bertz CT molecular complexity index is 415. The lowest BCUT2D eigenvalue weighted by atomic mass is 10.1. The highest BCUT2D eigenvalue weighted by Crippen LogP contribution is 2.34. The van der Waals surface area contributed by atoms with Gasteiger partial charge in [0.15, 0.2) is 0 Å². The van der Waals surface area contributed by atoms with Crippen molar-refractivity contribution in [1.82, 2.24) is 14.7 Å². The van der Waals surface area contributed by atoms with Crippen LogP contribution in [0.15, 0.2) is 0 Å². The molecule has 0 aliphatic carbocycles. The van der Waals surface area contributed by atoms with Crippen LogP contribution in [-0.4, -0.2) is 41.4 Å². The van der Waals surface area contributed by atoms with Gasteiger partial charge in [0.2, 0.25) is 5.88 Å². The van der Waals surface area contributed by atoms with Gasteiger partial charge in [0.1, 0.15) is 0 Å². The Hall–Kier alpha value is -1.07. The van der Waals surface area contributed by atoms with Crippen LogP contribution < -0.4 is 10.5 Å². The molecule has 5 nitrogen and oxygen atoms in total. The lowest BCUT2D eigenvalue weighted by molar-refractivity contribution is 0.236. The van der Waals surface area contributed by atoms with E-state index in [0.29, 0.717) is 6.54 Å². The molecule has 2 heterocycles. The molecular formula is C13H24N4O. The van der Waals surface area contributed by atoms with Gasteiger partial charge in [-0.25, -0.2) is 4.68 Å². The van der Waals surface area contributed by atoms with Gasteiger partial charge in [-0.1, -0.05) is 6.92 Å². The summed E-state index contributed by atoms with van der Waals surface area (Å²) in [4.78, 5) is 2.46. The molecule has 1 aromatic rings. The number of hydrogen-bond acceptors (Lipinski definition) is 4. The van der Waals surface area contributed by atoms with Crippen molar-refractivity contribution >= 4 is 0 Å². The molecule has 0 radical (unpaired) electrons. The largest absolute Gasteiger partial charge is 0.481 e. The maximum absolute atomic E-state index is 6.00. The zero-order valence-electron chi connectivity index (χ0n) is 11.8. The van der Waals surface area contributed by atoms with Gasteiger partial charge in [0, 0.05) is 20.1 Å². The van der Waals surface area contributed by atoms with Crippen LogP contribution in [0.1, 0.15) is 30.6 Å². The van der Waals surface area contributed by atoms with E-state index in [2.05, 4.69) is 16.9 Å². The summed E-state index contributed by atoms with van der Waals surface area (Å²) in [5.41, 5.74) is 8.17. The van der Waals surface area contributed by atoms with Crippen molar-refractivity contribution in [3.63, 3.8) is 0 Å². The van der Waals surface area contributed by atoms with E-state index in [9.17, 15) is 0 Å². The monoisotopic (exact) mass is 252 g/mol. The smallest absolute Gasteiger partial charge is 0.216 e. The molecular weight excluding hydrogens is 228 g/mol. The minimum absolute atomic E-state index is 0.221. The van der Waals surface area contributed by atoms with Crippen molar-refractivity contribution in [1.29, 1.82) is 0 Å². The van der Waals surface area contributed by atoms with Crippen molar-refractivity contribution in [3.05, 3.63) is 11.3 Å². The Morgan fingerprint density at radius 3 is 2.78 bits per heavy atom. The van der Waals surface area contributed by atoms with Gasteiger partial charge in [-0.05, 0) is 25.8 Å². The van der Waals surface area contributed by atoms with Crippen molar-refractivity contribution in [2.45, 2.75) is 26.3 Å². The highest BCUT2D eigenvalue weighted by atomic mass is 16.5. The maximum atomic E-state index is 6.00. The van der Waals surface area contributed by atoms with Crippen LogP contribution in [0.4, 0.5) is 0 Å². The van der Waals surface area contributed by atoms with E-state index in [1.807, 2.05) is 14.0 Å². The summed E-state index contributed by atoms with van der Waals surface area (Å²) in [6.07, 6.45) is 1.25. The molecule has 1 aliphatic rings. The normalized spacial score (nSPS) is 22.4. The highest BCUT2D eigenvalue weighted by molar-refractivity contribution is 5.34. The predicted molar refractivity (Wildman–Crippen MR) is 71.6 cm³/mol. The molecule has 2 rings (SSSR count). The van der Waals surface area contributed by atoms with Crippen LogP contribution in [0.2, 0.25) is 0 Å². The average Bonchev–Trinajstić information content (AvgIpc) is 2.86. The van der Waals surface area contributed by atoms with Crippen LogP contribution >= 0.6 is 0 Å². The van der Waals surface area contributed by atoms with E-state index in [-0.39, 0.29) is 6.04 Å². The second kappa shape index (κ2) is 5.28.